The Morgan fingerprint density at radius 1 is 0.514 bits per heavy atom. The summed E-state index contributed by atoms with van der Waals surface area (Å²) in [6.07, 6.45) is 9.10. The first-order chi connectivity index (χ1) is 35.6. The maximum atomic E-state index is 6.73. The predicted molar refractivity (Wildman–Crippen MR) is 310 cm³/mol. The zero-order chi connectivity index (χ0) is 47.4. The predicted octanol–water partition coefficient (Wildman–Crippen LogP) is 18.2. The van der Waals surface area contributed by atoms with Gasteiger partial charge in [-0.15, -0.1) is 34.0 Å². The van der Waals surface area contributed by atoms with Crippen LogP contribution in [0, 0.1) is 0 Å². The number of fused-ring (bicyclic) bond motifs is 15. The Balaban J connectivity index is 0.903. The Morgan fingerprint density at radius 3 is 2.04 bits per heavy atom. The van der Waals surface area contributed by atoms with E-state index in [2.05, 4.69) is 211 Å². The Kier molecular flexibility index (Phi) is 9.45. The second kappa shape index (κ2) is 16.4. The van der Waals surface area contributed by atoms with E-state index < -0.39 is 0 Å². The minimum atomic E-state index is 0.194. The zero-order valence-electron chi connectivity index (χ0n) is 38.6. The molecule has 13 aromatic rings. The number of aliphatic imine (C=N–C) groups is 3. The summed E-state index contributed by atoms with van der Waals surface area (Å²) >= 11 is 5.45. The van der Waals surface area contributed by atoms with Gasteiger partial charge in [0.25, 0.3) is 0 Å². The van der Waals surface area contributed by atoms with E-state index in [0.29, 0.717) is 24.1 Å². The second-order valence-corrected chi connectivity index (χ2v) is 21.9. The van der Waals surface area contributed by atoms with Crippen LogP contribution in [0.15, 0.2) is 226 Å². The molecule has 0 fully saturated rings. The average molecular weight is 977 g/mol. The Bertz CT molecular complexity index is 4560. The van der Waals surface area contributed by atoms with Gasteiger partial charge >= 0.3 is 0 Å². The lowest BCUT2D eigenvalue weighted by molar-refractivity contribution is 0.669. The molecule has 4 aromatic heterocycles. The molecule has 2 unspecified atom stereocenters. The van der Waals surface area contributed by atoms with Crippen LogP contribution in [-0.2, 0) is 6.54 Å². The van der Waals surface area contributed by atoms with Crippen LogP contribution in [0.5, 0.6) is 0 Å². The number of para-hydroxylation sites is 1. The van der Waals surface area contributed by atoms with Crippen molar-refractivity contribution in [2.45, 2.75) is 18.5 Å². The molecule has 0 bridgehead atoms. The van der Waals surface area contributed by atoms with Gasteiger partial charge in [0, 0.05) is 94.0 Å². The van der Waals surface area contributed by atoms with Crippen LogP contribution in [0.2, 0.25) is 0 Å². The van der Waals surface area contributed by atoms with Crippen molar-refractivity contribution < 1.29 is 4.42 Å². The van der Waals surface area contributed by atoms with Crippen molar-refractivity contribution in [3.8, 4) is 11.1 Å². The number of rotatable bonds is 6. The molecule has 0 saturated heterocycles. The number of amidine groups is 2. The molecule has 2 aliphatic rings. The molecule has 0 spiro atoms. The highest BCUT2D eigenvalue weighted by Crippen LogP contribution is 2.52. The first-order valence-corrected chi connectivity index (χ1v) is 26.6. The van der Waals surface area contributed by atoms with Crippen LogP contribution in [0.25, 0.3) is 93.6 Å². The number of hydrogen-bond acceptors (Lipinski definition) is 6. The van der Waals surface area contributed by atoms with Gasteiger partial charge in [0.05, 0.1) is 18.3 Å². The molecule has 8 heteroatoms. The number of allylic oxidation sites excluding steroid dienone is 2. The third-order valence-electron chi connectivity index (χ3n) is 14.6. The first kappa shape index (κ1) is 41.5. The fourth-order valence-corrected chi connectivity index (χ4v) is 14.9. The zero-order valence-corrected chi connectivity index (χ0v) is 41.1. The highest BCUT2D eigenvalue weighted by Gasteiger charge is 2.38. The summed E-state index contributed by atoms with van der Waals surface area (Å²) in [6, 6.07) is 65.8. The highest BCUT2D eigenvalue weighted by atomic mass is 32.1. The Hall–Kier alpha value is -8.27. The minimum Gasteiger partial charge on any atom is -0.456 e. The number of benzene rings is 9. The molecule has 72 heavy (non-hydrogen) atoms. The molecular formula is C64H40N4OS3. The fourth-order valence-electron chi connectivity index (χ4n) is 11.4. The van der Waals surface area contributed by atoms with Gasteiger partial charge in [0.15, 0.2) is 11.7 Å². The quantitative estimate of drug-likeness (QED) is 0.123. The maximum absolute atomic E-state index is 6.73. The Labute approximate surface area is 426 Å². The van der Waals surface area contributed by atoms with Gasteiger partial charge in [-0.2, -0.15) is 0 Å². The monoisotopic (exact) mass is 976 g/mol. The van der Waals surface area contributed by atoms with Gasteiger partial charge in [-0.05, 0) is 95.7 Å². The largest absolute Gasteiger partial charge is 0.456 e. The van der Waals surface area contributed by atoms with Crippen molar-refractivity contribution in [1.29, 1.82) is 0 Å². The molecule has 0 saturated carbocycles. The number of furan rings is 1. The van der Waals surface area contributed by atoms with Gasteiger partial charge < -0.3 is 9.32 Å². The second-order valence-electron chi connectivity index (χ2n) is 18.6. The van der Waals surface area contributed by atoms with E-state index in [1.165, 1.54) is 83.0 Å². The normalized spacial score (nSPS) is 15.9. The van der Waals surface area contributed by atoms with Crippen molar-refractivity contribution >= 4 is 146 Å². The summed E-state index contributed by atoms with van der Waals surface area (Å²) in [6.45, 7) is 4.50. The molecule has 5 heterocycles. The summed E-state index contributed by atoms with van der Waals surface area (Å²) in [5, 5.41) is 9.50. The van der Waals surface area contributed by atoms with Crippen molar-refractivity contribution in [2.24, 2.45) is 15.0 Å². The average Bonchev–Trinajstić information content (AvgIpc) is 4.25. The molecular weight excluding hydrogens is 937 g/mol. The van der Waals surface area contributed by atoms with E-state index in [4.69, 9.17) is 14.4 Å². The molecule has 2 atom stereocenters. The number of nitrogens with zero attached hydrogens (tertiary/aromatic N) is 4. The number of thiophene rings is 3. The molecule has 0 N–H and O–H groups in total. The molecule has 0 amide bonds. The highest BCUT2D eigenvalue weighted by molar-refractivity contribution is 7.26. The molecule has 9 aromatic carbocycles. The van der Waals surface area contributed by atoms with Gasteiger partial charge in [-0.3, -0.25) is 4.99 Å². The molecule has 15 rings (SSSR count). The van der Waals surface area contributed by atoms with Crippen LogP contribution in [0.1, 0.15) is 28.2 Å². The summed E-state index contributed by atoms with van der Waals surface area (Å²) in [5.41, 5.74) is 10.6. The lowest BCUT2D eigenvalue weighted by Crippen LogP contribution is -2.28. The SMILES string of the molecule is C=NC(=NC(=NCc1ccc2c(c1)sc1ccccc12)c1cccc2oc3ccc(-c4cccc5sc6cccc(N7c8ccccc8C8C=CC=CC87)c6c45)cc3c12)c1ccc2c(c1)sc1ccccc12. The topological polar surface area (TPSA) is 53.5 Å². The van der Waals surface area contributed by atoms with Crippen molar-refractivity contribution in [3.05, 3.63) is 229 Å². The van der Waals surface area contributed by atoms with Gasteiger partial charge in [-0.1, -0.05) is 140 Å². The van der Waals surface area contributed by atoms with Crippen LogP contribution in [0.3, 0.4) is 0 Å². The van der Waals surface area contributed by atoms with Gasteiger partial charge in [0.1, 0.15) is 11.2 Å². The third kappa shape index (κ3) is 6.46. The van der Waals surface area contributed by atoms with E-state index in [0.717, 1.165) is 44.2 Å². The van der Waals surface area contributed by atoms with Crippen molar-refractivity contribution in [1.82, 2.24) is 0 Å². The lowest BCUT2D eigenvalue weighted by Gasteiger charge is -2.29. The van der Waals surface area contributed by atoms with Crippen molar-refractivity contribution in [3.63, 3.8) is 0 Å². The molecule has 1 aliphatic heterocycles. The van der Waals surface area contributed by atoms with Crippen LogP contribution < -0.4 is 4.90 Å². The molecule has 1 aliphatic carbocycles. The molecule has 5 nitrogen and oxygen atoms in total. The number of anilines is 2. The van der Waals surface area contributed by atoms with Crippen LogP contribution in [-0.4, -0.2) is 24.4 Å². The van der Waals surface area contributed by atoms with Gasteiger partial charge in [0.2, 0.25) is 0 Å². The lowest BCUT2D eigenvalue weighted by atomic mass is 9.91. The smallest absolute Gasteiger partial charge is 0.161 e. The van der Waals surface area contributed by atoms with E-state index >= 15 is 0 Å². The van der Waals surface area contributed by atoms with Gasteiger partial charge in [-0.25, -0.2) is 9.98 Å². The van der Waals surface area contributed by atoms with Crippen LogP contribution in [0.4, 0.5) is 11.4 Å². The summed E-state index contributed by atoms with van der Waals surface area (Å²) in [7, 11) is 0. The third-order valence-corrected chi connectivity index (χ3v) is 18.0. The summed E-state index contributed by atoms with van der Waals surface area (Å²) < 4.78 is 14.2. The Morgan fingerprint density at radius 2 is 1.19 bits per heavy atom. The minimum absolute atomic E-state index is 0.194. The van der Waals surface area contributed by atoms with E-state index in [1.54, 1.807) is 11.3 Å². The molecule has 340 valence electrons. The maximum Gasteiger partial charge on any atom is 0.161 e. The van der Waals surface area contributed by atoms with Crippen LogP contribution >= 0.6 is 34.0 Å². The fraction of sp³-hybridized carbons (Fsp3) is 0.0469. The van der Waals surface area contributed by atoms with E-state index in [1.807, 2.05) is 34.8 Å². The number of hydrogen-bond donors (Lipinski definition) is 0. The summed E-state index contributed by atoms with van der Waals surface area (Å²) in [4.78, 5) is 18.0. The van der Waals surface area contributed by atoms with E-state index in [-0.39, 0.29) is 6.04 Å². The summed E-state index contributed by atoms with van der Waals surface area (Å²) in [5.74, 6) is 1.37. The molecule has 0 radical (unpaired) electrons. The first-order valence-electron chi connectivity index (χ1n) is 24.2. The standard InChI is InChI=1S/C64H40N4OS3/c1-65-63(39-28-31-46-44-16-5-9-24-55(44)71-59(46)35-39)67-64(66-36-37-27-30-45-43-15-4-8-23-54(43)70-58(45)33-37)47-18-10-22-53-60(47)48-34-38(29-32-52(48)69-53)40-17-11-25-56-61(40)62-51(21-12-26-57(62)72-56)68-49-19-6-2-13-41(49)42-14-3-7-20-50(42)68/h2-35,41,49H,1,36H2. The van der Waals surface area contributed by atoms with Crippen molar-refractivity contribution in [2.75, 3.05) is 4.90 Å². The van der Waals surface area contributed by atoms with E-state index in [9.17, 15) is 0 Å².